The first-order valence-electron chi connectivity index (χ1n) is 8.89. The number of anilines is 2. The summed E-state index contributed by atoms with van der Waals surface area (Å²) in [5.41, 5.74) is 3.06. The molecule has 0 heterocycles. The number of para-hydroxylation sites is 2. The summed E-state index contributed by atoms with van der Waals surface area (Å²) in [6.07, 6.45) is 0.798. The van der Waals surface area contributed by atoms with Crippen molar-refractivity contribution in [1.29, 1.82) is 0 Å². The average Bonchev–Trinajstić information content (AvgIpc) is 2.71. The largest absolute Gasteiger partial charge is 0.280 e. The van der Waals surface area contributed by atoms with Gasteiger partial charge in [-0.05, 0) is 36.2 Å². The van der Waals surface area contributed by atoms with Gasteiger partial charge in [0.25, 0.3) is 0 Å². The molecule has 132 valence electrons. The number of thioether (sulfide) groups is 1. The number of carbonyl (C=O) groups excluding carboxylic acids is 1. The minimum absolute atomic E-state index is 0.0874. The Kier molecular flexibility index (Phi) is 6.50. The second-order valence-electron chi connectivity index (χ2n) is 6.04. The summed E-state index contributed by atoms with van der Waals surface area (Å²) in [5, 5.41) is -0.0874. The summed E-state index contributed by atoms with van der Waals surface area (Å²) in [4.78, 5) is 15.2. The molecular formula is C23H23NOS. The molecule has 3 heteroatoms. The van der Waals surface area contributed by atoms with Crippen molar-refractivity contribution in [3.05, 3.63) is 96.6 Å². The van der Waals surface area contributed by atoms with Gasteiger partial charge in [0.1, 0.15) is 0 Å². The average molecular weight is 362 g/mol. The van der Waals surface area contributed by atoms with Crippen LogP contribution in [0.5, 0.6) is 0 Å². The molecule has 0 aliphatic heterocycles. The van der Waals surface area contributed by atoms with E-state index in [0.29, 0.717) is 0 Å². The molecule has 3 aromatic rings. The van der Waals surface area contributed by atoms with E-state index in [-0.39, 0.29) is 11.2 Å². The lowest BCUT2D eigenvalue weighted by molar-refractivity contribution is -0.117. The molecule has 0 bridgehead atoms. The van der Waals surface area contributed by atoms with Gasteiger partial charge in [0.15, 0.2) is 0 Å². The Labute approximate surface area is 159 Å². The Morgan fingerprint density at radius 2 is 1.27 bits per heavy atom. The van der Waals surface area contributed by atoms with E-state index in [0.717, 1.165) is 23.5 Å². The van der Waals surface area contributed by atoms with E-state index >= 15 is 0 Å². The predicted octanol–water partition coefficient (Wildman–Crippen LogP) is 6.06. The lowest BCUT2D eigenvalue weighted by Gasteiger charge is -2.27. The summed E-state index contributed by atoms with van der Waals surface area (Å²) < 4.78 is 0. The fourth-order valence-corrected chi connectivity index (χ4v) is 3.91. The number of rotatable bonds is 7. The molecule has 3 rings (SSSR count). The van der Waals surface area contributed by atoms with E-state index in [1.54, 1.807) is 11.8 Å². The van der Waals surface area contributed by atoms with E-state index in [4.69, 9.17) is 0 Å². The van der Waals surface area contributed by atoms with Crippen LogP contribution in [0.1, 0.15) is 18.9 Å². The second kappa shape index (κ2) is 9.25. The molecule has 0 saturated heterocycles. The smallest absolute Gasteiger partial charge is 0.244 e. The van der Waals surface area contributed by atoms with Crippen molar-refractivity contribution in [3.8, 4) is 0 Å². The summed E-state index contributed by atoms with van der Waals surface area (Å²) in [5.74, 6) is 0.966. The van der Waals surface area contributed by atoms with Gasteiger partial charge in [-0.2, -0.15) is 0 Å². The molecule has 3 aromatic carbocycles. The number of carbonyl (C=O) groups is 1. The van der Waals surface area contributed by atoms with Crippen LogP contribution in [0.4, 0.5) is 11.4 Å². The Bertz CT molecular complexity index is 766. The highest BCUT2D eigenvalue weighted by Gasteiger charge is 2.25. The molecule has 1 unspecified atom stereocenters. The maximum Gasteiger partial charge on any atom is 0.244 e. The monoisotopic (exact) mass is 361 g/mol. The van der Waals surface area contributed by atoms with Gasteiger partial charge >= 0.3 is 0 Å². The number of nitrogens with zero attached hydrogens (tertiary/aromatic N) is 1. The van der Waals surface area contributed by atoms with Crippen molar-refractivity contribution in [2.45, 2.75) is 24.3 Å². The molecular weight excluding hydrogens is 338 g/mol. The van der Waals surface area contributed by atoms with E-state index < -0.39 is 0 Å². The van der Waals surface area contributed by atoms with Crippen LogP contribution in [-0.4, -0.2) is 11.2 Å². The SMILES string of the molecule is CCC(SCc1ccccc1)C(=O)N(c1ccccc1)c1ccccc1. The molecule has 0 aromatic heterocycles. The number of benzene rings is 3. The van der Waals surface area contributed by atoms with Crippen LogP contribution in [0.2, 0.25) is 0 Å². The van der Waals surface area contributed by atoms with Gasteiger partial charge in [0.2, 0.25) is 5.91 Å². The molecule has 0 spiro atoms. The lowest BCUT2D eigenvalue weighted by Crippen LogP contribution is -2.34. The summed E-state index contributed by atoms with van der Waals surface area (Å²) in [6.45, 7) is 2.08. The van der Waals surface area contributed by atoms with Crippen LogP contribution in [0.3, 0.4) is 0 Å². The third-order valence-corrected chi connectivity index (χ3v) is 5.63. The molecule has 0 aliphatic carbocycles. The van der Waals surface area contributed by atoms with Crippen LogP contribution in [-0.2, 0) is 10.5 Å². The predicted molar refractivity (Wildman–Crippen MR) is 112 cm³/mol. The van der Waals surface area contributed by atoms with Gasteiger partial charge in [-0.15, -0.1) is 11.8 Å². The van der Waals surface area contributed by atoms with Gasteiger partial charge in [-0.25, -0.2) is 0 Å². The Hall–Kier alpha value is -2.52. The molecule has 26 heavy (non-hydrogen) atoms. The quantitative estimate of drug-likeness (QED) is 0.509. The van der Waals surface area contributed by atoms with Crippen molar-refractivity contribution in [2.24, 2.45) is 0 Å². The van der Waals surface area contributed by atoms with Crippen LogP contribution in [0, 0.1) is 0 Å². The minimum atomic E-state index is -0.0874. The van der Waals surface area contributed by atoms with Gasteiger partial charge in [-0.1, -0.05) is 73.7 Å². The van der Waals surface area contributed by atoms with Crippen molar-refractivity contribution in [1.82, 2.24) is 0 Å². The summed E-state index contributed by atoms with van der Waals surface area (Å²) in [7, 11) is 0. The Balaban J connectivity index is 1.83. The van der Waals surface area contributed by atoms with Gasteiger partial charge < -0.3 is 0 Å². The number of hydrogen-bond acceptors (Lipinski definition) is 2. The topological polar surface area (TPSA) is 20.3 Å². The van der Waals surface area contributed by atoms with Crippen LogP contribution in [0.25, 0.3) is 0 Å². The summed E-state index contributed by atoms with van der Waals surface area (Å²) >= 11 is 1.71. The molecule has 1 amide bonds. The normalized spacial score (nSPS) is 11.7. The maximum atomic E-state index is 13.4. The highest BCUT2D eigenvalue weighted by molar-refractivity contribution is 7.99. The standard InChI is InChI=1S/C23H23NOS/c1-2-22(26-18-19-12-6-3-7-13-19)23(25)24(20-14-8-4-9-15-20)21-16-10-5-11-17-21/h3-17,22H,2,18H2,1H3. The third kappa shape index (κ3) is 4.55. The van der Waals surface area contributed by atoms with Crippen LogP contribution >= 0.6 is 11.8 Å². The molecule has 2 nitrogen and oxygen atoms in total. The Morgan fingerprint density at radius 3 is 1.73 bits per heavy atom. The Morgan fingerprint density at radius 1 is 0.808 bits per heavy atom. The van der Waals surface area contributed by atoms with Gasteiger partial charge in [-0.3, -0.25) is 9.69 Å². The second-order valence-corrected chi connectivity index (χ2v) is 7.23. The number of amides is 1. The fourth-order valence-electron chi connectivity index (χ4n) is 2.84. The highest BCUT2D eigenvalue weighted by Crippen LogP contribution is 2.30. The molecule has 0 aliphatic rings. The zero-order chi connectivity index (χ0) is 18.2. The maximum absolute atomic E-state index is 13.4. The van der Waals surface area contributed by atoms with E-state index in [2.05, 4.69) is 19.1 Å². The summed E-state index contributed by atoms with van der Waals surface area (Å²) in [6, 6.07) is 30.1. The van der Waals surface area contributed by atoms with Crippen molar-refractivity contribution >= 4 is 29.0 Å². The zero-order valence-corrected chi connectivity index (χ0v) is 15.7. The third-order valence-electron chi connectivity index (χ3n) is 4.19. The minimum Gasteiger partial charge on any atom is -0.280 e. The first kappa shape index (κ1) is 18.3. The van der Waals surface area contributed by atoms with Crippen molar-refractivity contribution in [2.75, 3.05) is 4.90 Å². The number of hydrogen-bond donors (Lipinski definition) is 0. The van der Waals surface area contributed by atoms with E-state index in [1.807, 2.05) is 83.8 Å². The molecule has 0 saturated carbocycles. The zero-order valence-electron chi connectivity index (χ0n) is 14.9. The fraction of sp³-hybridized carbons (Fsp3) is 0.174. The van der Waals surface area contributed by atoms with E-state index in [9.17, 15) is 4.79 Å². The van der Waals surface area contributed by atoms with E-state index in [1.165, 1.54) is 5.56 Å². The van der Waals surface area contributed by atoms with Crippen LogP contribution < -0.4 is 4.90 Å². The van der Waals surface area contributed by atoms with Crippen molar-refractivity contribution < 1.29 is 4.79 Å². The van der Waals surface area contributed by atoms with Crippen molar-refractivity contribution in [3.63, 3.8) is 0 Å². The first-order chi connectivity index (χ1) is 12.8. The molecule has 0 fully saturated rings. The molecule has 1 atom stereocenters. The molecule has 0 radical (unpaired) electrons. The van der Waals surface area contributed by atoms with Crippen LogP contribution in [0.15, 0.2) is 91.0 Å². The highest BCUT2D eigenvalue weighted by atomic mass is 32.2. The first-order valence-corrected chi connectivity index (χ1v) is 9.94. The van der Waals surface area contributed by atoms with Gasteiger partial charge in [0, 0.05) is 17.1 Å². The lowest BCUT2D eigenvalue weighted by atomic mass is 10.2. The van der Waals surface area contributed by atoms with Gasteiger partial charge in [0.05, 0.1) is 5.25 Å². The molecule has 0 N–H and O–H groups in total.